The minimum absolute atomic E-state index is 0.0581. The van der Waals surface area contributed by atoms with Crippen LogP contribution in [0.3, 0.4) is 0 Å². The zero-order valence-corrected chi connectivity index (χ0v) is 24.3. The molecule has 3 aromatic rings. The predicted molar refractivity (Wildman–Crippen MR) is 159 cm³/mol. The molecule has 0 saturated carbocycles. The molecule has 0 aliphatic carbocycles. The van der Waals surface area contributed by atoms with Crippen LogP contribution in [0.4, 0.5) is 10.2 Å². The smallest absolute Gasteiger partial charge is 0.262 e. The van der Waals surface area contributed by atoms with Crippen molar-refractivity contribution in [3.63, 3.8) is 0 Å². The van der Waals surface area contributed by atoms with Gasteiger partial charge in [0.05, 0.1) is 11.1 Å². The fourth-order valence-corrected chi connectivity index (χ4v) is 6.12. The predicted octanol–water partition coefficient (Wildman–Crippen LogP) is 2.93. The van der Waals surface area contributed by atoms with Crippen LogP contribution in [-0.4, -0.2) is 76.4 Å². The maximum atomic E-state index is 15.2. The van der Waals surface area contributed by atoms with E-state index >= 15 is 4.39 Å². The number of hydrogen-bond acceptors (Lipinski definition) is 8. The molecule has 1 N–H and O–H groups in total. The number of rotatable bonds is 8. The second-order valence-electron chi connectivity index (χ2n) is 11.4. The Kier molecular flexibility index (Phi) is 8.05. The molecule has 3 aliphatic heterocycles. The maximum absolute atomic E-state index is 15.2. The number of ketones is 1. The van der Waals surface area contributed by atoms with E-state index in [0.29, 0.717) is 36.2 Å². The highest BCUT2D eigenvalue weighted by molar-refractivity contribution is 6.24. The third-order valence-corrected chi connectivity index (χ3v) is 8.54. The molecule has 4 amide bonds. The normalized spacial score (nSPS) is 18.9. The van der Waals surface area contributed by atoms with Crippen molar-refractivity contribution < 1.29 is 28.4 Å². The van der Waals surface area contributed by atoms with Crippen LogP contribution in [0.25, 0.3) is 0 Å². The molecule has 2 aromatic carbocycles. The summed E-state index contributed by atoms with van der Waals surface area (Å²) < 4.78 is 15.2. The number of carbonyl (C=O) groups is 5. The van der Waals surface area contributed by atoms with E-state index in [4.69, 9.17) is 0 Å². The van der Waals surface area contributed by atoms with Crippen LogP contribution >= 0.6 is 0 Å². The number of Topliss-reactive ketones (excluding diaryl/α,β-unsaturated/α-hetero) is 1. The van der Waals surface area contributed by atoms with Crippen molar-refractivity contribution in [2.75, 3.05) is 31.1 Å². The van der Waals surface area contributed by atoms with E-state index in [2.05, 4.69) is 20.1 Å². The number of aromatic nitrogens is 1. The van der Waals surface area contributed by atoms with E-state index in [1.54, 1.807) is 30.3 Å². The number of piperidine rings is 1. The summed E-state index contributed by atoms with van der Waals surface area (Å²) in [6, 6.07) is 14.7. The van der Waals surface area contributed by atoms with Crippen LogP contribution in [0.2, 0.25) is 0 Å². The lowest BCUT2D eigenvalue weighted by Gasteiger charge is -2.35. The molecule has 0 spiro atoms. The van der Waals surface area contributed by atoms with Crippen LogP contribution in [0, 0.1) is 5.82 Å². The number of amides is 4. The first-order valence-electron chi connectivity index (χ1n) is 14.8. The number of anilines is 1. The van der Waals surface area contributed by atoms with E-state index in [9.17, 15) is 24.0 Å². The van der Waals surface area contributed by atoms with E-state index in [0.717, 1.165) is 42.5 Å². The van der Waals surface area contributed by atoms with Gasteiger partial charge in [0, 0.05) is 51.6 Å². The minimum atomic E-state index is -1.02. The maximum Gasteiger partial charge on any atom is 0.262 e. The molecule has 1 unspecified atom stereocenters. The van der Waals surface area contributed by atoms with Crippen LogP contribution < -0.4 is 10.2 Å². The molecule has 0 radical (unpaired) electrons. The molecule has 6 rings (SSSR count). The number of aryl methyl sites for hydroxylation is 2. The second-order valence-corrected chi connectivity index (χ2v) is 11.4. The monoisotopic (exact) mass is 597 g/mol. The van der Waals surface area contributed by atoms with Crippen molar-refractivity contribution >= 4 is 35.2 Å². The molecule has 4 heterocycles. The number of halogens is 1. The number of nitrogens with zero attached hydrogens (tertiary/aromatic N) is 4. The van der Waals surface area contributed by atoms with Gasteiger partial charge in [-0.25, -0.2) is 9.37 Å². The van der Waals surface area contributed by atoms with Crippen molar-refractivity contribution in [3.05, 3.63) is 93.9 Å². The summed E-state index contributed by atoms with van der Waals surface area (Å²) in [7, 11) is 0. The molecular formula is C33H32FN5O5. The Hall–Kier alpha value is -4.77. The number of pyridine rings is 1. The van der Waals surface area contributed by atoms with Gasteiger partial charge in [0.1, 0.15) is 23.4 Å². The van der Waals surface area contributed by atoms with Crippen molar-refractivity contribution in [2.24, 2.45) is 0 Å². The molecule has 2 saturated heterocycles. The molecule has 226 valence electrons. The molecular weight excluding hydrogens is 565 g/mol. The molecule has 1 atom stereocenters. The minimum Gasteiger partial charge on any atom is -0.354 e. The number of piperazine rings is 1. The lowest BCUT2D eigenvalue weighted by molar-refractivity contribution is -0.136. The number of fused-ring (bicyclic) bond motifs is 1. The third-order valence-electron chi connectivity index (χ3n) is 8.54. The van der Waals surface area contributed by atoms with Gasteiger partial charge in [0.25, 0.3) is 11.8 Å². The molecule has 11 heteroatoms. The molecule has 1 aromatic heterocycles. The number of carbonyl (C=O) groups excluding carboxylic acids is 5. The molecule has 0 bridgehead atoms. The summed E-state index contributed by atoms with van der Waals surface area (Å²) in [5, 5.41) is 2.21. The third kappa shape index (κ3) is 5.74. The number of hydrogen-bond donors (Lipinski definition) is 1. The summed E-state index contributed by atoms with van der Waals surface area (Å²) in [6.07, 6.45) is 1.02. The topological polar surface area (TPSA) is 120 Å². The fraction of sp³-hybridized carbons (Fsp3) is 0.333. The van der Waals surface area contributed by atoms with Gasteiger partial charge in [-0.2, -0.15) is 0 Å². The lowest BCUT2D eigenvalue weighted by atomic mass is 9.96. The summed E-state index contributed by atoms with van der Waals surface area (Å²) in [6.45, 7) is 4.87. The van der Waals surface area contributed by atoms with Crippen LogP contribution in [0.5, 0.6) is 0 Å². The first-order chi connectivity index (χ1) is 21.2. The fourth-order valence-electron chi connectivity index (χ4n) is 6.12. The van der Waals surface area contributed by atoms with E-state index in [1.807, 2.05) is 18.2 Å². The molecule has 10 nitrogen and oxygen atoms in total. The zero-order chi connectivity index (χ0) is 31.0. The highest BCUT2D eigenvalue weighted by atomic mass is 19.1. The van der Waals surface area contributed by atoms with Crippen LogP contribution in [0.1, 0.15) is 67.7 Å². The van der Waals surface area contributed by atoms with Gasteiger partial charge in [0.2, 0.25) is 11.8 Å². The second kappa shape index (κ2) is 12.1. The summed E-state index contributed by atoms with van der Waals surface area (Å²) in [5.74, 6) is -1.75. The van der Waals surface area contributed by atoms with E-state index < -0.39 is 29.7 Å². The molecule has 2 fully saturated rings. The Bertz CT molecular complexity index is 1680. The van der Waals surface area contributed by atoms with Gasteiger partial charge in [-0.3, -0.25) is 39.1 Å². The largest absolute Gasteiger partial charge is 0.354 e. The van der Waals surface area contributed by atoms with E-state index in [1.165, 1.54) is 13.0 Å². The van der Waals surface area contributed by atoms with Gasteiger partial charge in [0.15, 0.2) is 5.78 Å². The SMILES string of the molecule is CC(=O)c1cccc(N2CCN(Cc3ccc(CCc4cccc5c4C(=O)N(C4CCC(=O)NC4=O)C5=O)cc3F)CC2)n1. The van der Waals surface area contributed by atoms with Crippen molar-refractivity contribution in [2.45, 2.75) is 45.2 Å². The molecule has 3 aliphatic rings. The first kappa shape index (κ1) is 29.3. The first-order valence-corrected chi connectivity index (χ1v) is 14.8. The Balaban J connectivity index is 1.07. The molecule has 44 heavy (non-hydrogen) atoms. The summed E-state index contributed by atoms with van der Waals surface area (Å²) in [5.41, 5.74) is 2.96. The number of imide groups is 2. The zero-order valence-electron chi connectivity index (χ0n) is 24.3. The highest BCUT2D eigenvalue weighted by Crippen LogP contribution is 2.31. The van der Waals surface area contributed by atoms with Gasteiger partial charge in [-0.1, -0.05) is 30.3 Å². The lowest BCUT2D eigenvalue weighted by Crippen LogP contribution is -2.54. The average molecular weight is 598 g/mol. The van der Waals surface area contributed by atoms with Crippen LogP contribution in [0.15, 0.2) is 54.6 Å². The quantitative estimate of drug-likeness (QED) is 0.311. The van der Waals surface area contributed by atoms with Crippen molar-refractivity contribution in [1.29, 1.82) is 0 Å². The van der Waals surface area contributed by atoms with Crippen molar-refractivity contribution in [3.8, 4) is 0 Å². The number of nitrogens with one attached hydrogen (secondary N) is 1. The van der Waals surface area contributed by atoms with Crippen LogP contribution in [-0.2, 0) is 29.0 Å². The Labute approximate surface area is 253 Å². The van der Waals surface area contributed by atoms with Gasteiger partial charge in [-0.05, 0) is 54.7 Å². The van der Waals surface area contributed by atoms with Gasteiger partial charge in [-0.15, -0.1) is 0 Å². The Morgan fingerprint density at radius 1 is 0.932 bits per heavy atom. The van der Waals surface area contributed by atoms with Gasteiger partial charge < -0.3 is 4.90 Å². The average Bonchev–Trinajstić information content (AvgIpc) is 3.27. The summed E-state index contributed by atoms with van der Waals surface area (Å²) in [4.78, 5) is 71.8. The highest BCUT2D eigenvalue weighted by Gasteiger charge is 2.45. The summed E-state index contributed by atoms with van der Waals surface area (Å²) >= 11 is 0. The Morgan fingerprint density at radius 3 is 2.43 bits per heavy atom. The standard InChI is InChI=1S/C33H32FN5O5/c1-20(40)26-6-3-7-28(35-26)38-16-14-37(15-17-38)19-23-11-9-21(18-25(23)34)8-10-22-4-2-5-24-30(22)33(44)39(32(24)43)27-12-13-29(41)36-31(27)42/h2-7,9,11,18,27H,8,10,12-17,19H2,1H3,(H,36,41,42). The Morgan fingerprint density at radius 2 is 1.70 bits per heavy atom. The van der Waals surface area contributed by atoms with E-state index in [-0.39, 0.29) is 35.6 Å². The number of benzene rings is 2. The van der Waals surface area contributed by atoms with Crippen molar-refractivity contribution in [1.82, 2.24) is 20.1 Å². The van der Waals surface area contributed by atoms with Gasteiger partial charge >= 0.3 is 0 Å².